The van der Waals surface area contributed by atoms with Crippen LogP contribution in [0.2, 0.25) is 0 Å². The van der Waals surface area contributed by atoms with E-state index in [1.54, 1.807) is 0 Å². The summed E-state index contributed by atoms with van der Waals surface area (Å²) in [6.45, 7) is 9.00. The van der Waals surface area contributed by atoms with Gasteiger partial charge in [0.2, 0.25) is 0 Å². The summed E-state index contributed by atoms with van der Waals surface area (Å²) in [5.74, 6) is 0.626. The minimum atomic E-state index is 0.626. The van der Waals surface area contributed by atoms with E-state index in [0.29, 0.717) is 5.92 Å². The van der Waals surface area contributed by atoms with Crippen molar-refractivity contribution in [2.75, 3.05) is 0 Å². The van der Waals surface area contributed by atoms with E-state index in [2.05, 4.69) is 34.9 Å². The highest BCUT2D eigenvalue weighted by molar-refractivity contribution is 5.94. The monoisotopic (exact) mass is 401 g/mol. The number of fused-ring (bicyclic) bond motifs is 5. The predicted octanol–water partition coefficient (Wildman–Crippen LogP) is 7.62. The molecule has 1 aliphatic heterocycles. The molecular weight excluding hydrogens is 366 g/mol. The molecule has 0 atom stereocenters. The van der Waals surface area contributed by atoms with Crippen molar-refractivity contribution in [1.29, 1.82) is 5.26 Å². The third-order valence-electron chi connectivity index (χ3n) is 6.19. The third-order valence-corrected chi connectivity index (χ3v) is 6.19. The number of hydrogen-bond acceptors (Lipinski definition) is 2. The molecule has 1 saturated carbocycles. The first kappa shape index (κ1) is 22.1. The zero-order valence-corrected chi connectivity index (χ0v) is 19.0. The van der Waals surface area contributed by atoms with Crippen LogP contribution in [-0.4, -0.2) is 9.55 Å². The molecule has 2 aliphatic rings. The SMILES string of the molecule is CC.CC.N#Cc1ccc2c(C3CCCCC3)c3n(c2c1)CCCc1ncccc1-3. The maximum absolute atomic E-state index is 9.40. The maximum Gasteiger partial charge on any atom is 0.0992 e. The number of hydrogen-bond donors (Lipinski definition) is 0. The predicted molar refractivity (Wildman–Crippen MR) is 127 cm³/mol. The van der Waals surface area contributed by atoms with Crippen molar-refractivity contribution in [1.82, 2.24) is 9.55 Å². The van der Waals surface area contributed by atoms with Crippen molar-refractivity contribution in [3.63, 3.8) is 0 Å². The zero-order valence-electron chi connectivity index (χ0n) is 19.0. The molecule has 3 nitrogen and oxygen atoms in total. The molecule has 0 radical (unpaired) electrons. The molecule has 0 spiro atoms. The van der Waals surface area contributed by atoms with Crippen LogP contribution in [-0.2, 0) is 13.0 Å². The van der Waals surface area contributed by atoms with Crippen LogP contribution in [0.3, 0.4) is 0 Å². The summed E-state index contributed by atoms with van der Waals surface area (Å²) in [4.78, 5) is 4.70. The molecule has 158 valence electrons. The van der Waals surface area contributed by atoms with Gasteiger partial charge in [-0.3, -0.25) is 4.98 Å². The minimum absolute atomic E-state index is 0.626. The number of nitrogens with zero attached hydrogens (tertiary/aromatic N) is 3. The number of aromatic nitrogens is 2. The Hall–Kier alpha value is -2.60. The second-order valence-corrected chi connectivity index (χ2v) is 7.69. The Morgan fingerprint density at radius 1 is 1.00 bits per heavy atom. The second-order valence-electron chi connectivity index (χ2n) is 7.69. The number of nitriles is 1. The van der Waals surface area contributed by atoms with Gasteiger partial charge < -0.3 is 4.57 Å². The van der Waals surface area contributed by atoms with Crippen molar-refractivity contribution in [3.8, 4) is 17.3 Å². The lowest BCUT2D eigenvalue weighted by molar-refractivity contribution is 0.445. The highest BCUT2D eigenvalue weighted by Gasteiger charge is 2.28. The van der Waals surface area contributed by atoms with Crippen LogP contribution in [0.15, 0.2) is 36.5 Å². The summed E-state index contributed by atoms with van der Waals surface area (Å²) in [6.07, 6.45) is 10.6. The number of benzene rings is 1. The van der Waals surface area contributed by atoms with Crippen molar-refractivity contribution in [3.05, 3.63) is 53.3 Å². The molecule has 1 aromatic carbocycles. The molecule has 3 heterocycles. The van der Waals surface area contributed by atoms with Crippen molar-refractivity contribution in [2.45, 2.75) is 85.1 Å². The summed E-state index contributed by atoms with van der Waals surface area (Å²) in [6, 6.07) is 12.9. The van der Waals surface area contributed by atoms with E-state index in [1.807, 2.05) is 40.0 Å². The summed E-state index contributed by atoms with van der Waals surface area (Å²) >= 11 is 0. The zero-order chi connectivity index (χ0) is 21.5. The summed E-state index contributed by atoms with van der Waals surface area (Å²) in [5.41, 5.74) is 7.41. The Morgan fingerprint density at radius 2 is 1.77 bits per heavy atom. The molecule has 30 heavy (non-hydrogen) atoms. The van der Waals surface area contributed by atoms with Crippen LogP contribution < -0.4 is 0 Å². The fraction of sp³-hybridized carbons (Fsp3) is 0.481. The van der Waals surface area contributed by atoms with Gasteiger partial charge >= 0.3 is 0 Å². The van der Waals surface area contributed by atoms with Crippen LogP contribution >= 0.6 is 0 Å². The second kappa shape index (κ2) is 10.4. The van der Waals surface area contributed by atoms with Crippen molar-refractivity contribution >= 4 is 10.9 Å². The topological polar surface area (TPSA) is 41.6 Å². The normalized spacial score (nSPS) is 15.4. The first-order chi connectivity index (χ1) is 14.9. The van der Waals surface area contributed by atoms with Gasteiger partial charge in [-0.05, 0) is 61.4 Å². The van der Waals surface area contributed by atoms with Gasteiger partial charge in [-0.2, -0.15) is 5.26 Å². The fourth-order valence-electron chi connectivity index (χ4n) is 5.03. The highest BCUT2D eigenvalue weighted by Crippen LogP contribution is 2.45. The highest BCUT2D eigenvalue weighted by atomic mass is 15.0. The summed E-state index contributed by atoms with van der Waals surface area (Å²) < 4.78 is 2.48. The number of rotatable bonds is 1. The molecular formula is C27H35N3. The molecule has 0 amide bonds. The van der Waals surface area contributed by atoms with Crippen LogP contribution in [0.25, 0.3) is 22.2 Å². The largest absolute Gasteiger partial charge is 0.340 e. The maximum atomic E-state index is 9.40. The van der Waals surface area contributed by atoms with Crippen LogP contribution in [0.5, 0.6) is 0 Å². The Balaban J connectivity index is 0.000000606. The lowest BCUT2D eigenvalue weighted by atomic mass is 9.81. The van der Waals surface area contributed by atoms with Crippen molar-refractivity contribution < 1.29 is 0 Å². The first-order valence-electron chi connectivity index (χ1n) is 11.9. The molecule has 2 aromatic heterocycles. The van der Waals surface area contributed by atoms with E-state index >= 15 is 0 Å². The Labute approximate surface area is 181 Å². The smallest absolute Gasteiger partial charge is 0.0992 e. The van der Waals surface area contributed by atoms with E-state index in [-0.39, 0.29) is 0 Å². The average Bonchev–Trinajstić information content (AvgIpc) is 3.03. The van der Waals surface area contributed by atoms with Gasteiger partial charge in [0.05, 0.1) is 22.8 Å². The lowest BCUT2D eigenvalue weighted by Crippen LogP contribution is -2.07. The third kappa shape index (κ3) is 4.01. The summed E-state index contributed by atoms with van der Waals surface area (Å²) in [5, 5.41) is 10.8. The number of aryl methyl sites for hydroxylation is 2. The van der Waals surface area contributed by atoms with E-state index in [4.69, 9.17) is 4.98 Å². The van der Waals surface area contributed by atoms with Crippen LogP contribution in [0, 0.1) is 11.3 Å². The molecule has 0 bridgehead atoms. The van der Waals surface area contributed by atoms with E-state index in [0.717, 1.165) is 24.9 Å². The first-order valence-corrected chi connectivity index (χ1v) is 11.9. The standard InChI is InChI=1S/C23H23N3.2C2H6/c24-15-16-10-11-19-21(14-16)26-13-5-9-20-18(8-4-12-25-20)23(26)22(19)17-6-2-1-3-7-17;2*1-2/h4,8,10-12,14,17H,1-3,5-7,9,13H2;2*1-2H3. The van der Waals surface area contributed by atoms with Gasteiger partial charge in [-0.1, -0.05) is 53.0 Å². The van der Waals surface area contributed by atoms with Gasteiger partial charge in [0, 0.05) is 29.4 Å². The Kier molecular flexibility index (Phi) is 7.69. The van der Waals surface area contributed by atoms with Gasteiger partial charge in [0.15, 0.2) is 0 Å². The Morgan fingerprint density at radius 3 is 2.50 bits per heavy atom. The van der Waals surface area contributed by atoms with Crippen LogP contribution in [0.4, 0.5) is 0 Å². The van der Waals surface area contributed by atoms with Crippen LogP contribution in [0.1, 0.15) is 89.0 Å². The molecule has 3 heteroatoms. The Bertz CT molecular complexity index is 1020. The molecule has 1 aliphatic carbocycles. The van der Waals surface area contributed by atoms with Gasteiger partial charge in [-0.25, -0.2) is 0 Å². The van der Waals surface area contributed by atoms with E-state index in [9.17, 15) is 5.26 Å². The fourth-order valence-corrected chi connectivity index (χ4v) is 5.03. The van der Waals surface area contributed by atoms with E-state index < -0.39 is 0 Å². The molecule has 0 N–H and O–H groups in total. The minimum Gasteiger partial charge on any atom is -0.340 e. The lowest BCUT2D eigenvalue weighted by Gasteiger charge is -2.23. The molecule has 3 aromatic rings. The molecule has 1 fully saturated rings. The average molecular weight is 402 g/mol. The molecule has 0 unspecified atom stereocenters. The van der Waals surface area contributed by atoms with Gasteiger partial charge in [0.25, 0.3) is 0 Å². The quantitative estimate of drug-likeness (QED) is 0.421. The van der Waals surface area contributed by atoms with Gasteiger partial charge in [-0.15, -0.1) is 0 Å². The van der Waals surface area contributed by atoms with E-state index in [1.165, 1.54) is 65.5 Å². The number of pyridine rings is 1. The molecule has 5 rings (SSSR count). The van der Waals surface area contributed by atoms with Crippen molar-refractivity contribution in [2.24, 2.45) is 0 Å². The summed E-state index contributed by atoms with van der Waals surface area (Å²) in [7, 11) is 0. The van der Waals surface area contributed by atoms with Gasteiger partial charge in [0.1, 0.15) is 0 Å². The molecule has 0 saturated heterocycles.